The maximum absolute atomic E-state index is 11.8. The van der Waals surface area contributed by atoms with Crippen LogP contribution in [0.2, 0.25) is 0 Å². The van der Waals surface area contributed by atoms with Gasteiger partial charge >= 0.3 is 0 Å². The molecule has 0 aliphatic carbocycles. The Morgan fingerprint density at radius 3 is 2.70 bits per heavy atom. The van der Waals surface area contributed by atoms with Crippen LogP contribution in [0.5, 0.6) is 17.2 Å². The van der Waals surface area contributed by atoms with Crippen molar-refractivity contribution in [3.8, 4) is 17.2 Å². The summed E-state index contributed by atoms with van der Waals surface area (Å²) in [6.45, 7) is 0.0515. The van der Waals surface area contributed by atoms with Gasteiger partial charge in [-0.3, -0.25) is 4.79 Å². The van der Waals surface area contributed by atoms with E-state index in [1.807, 2.05) is 42.5 Å². The molecule has 1 aliphatic heterocycles. The maximum atomic E-state index is 11.8. The van der Waals surface area contributed by atoms with Gasteiger partial charge in [0.05, 0.1) is 4.47 Å². The minimum atomic E-state index is -0.103. The predicted octanol–water partition coefficient (Wildman–Crippen LogP) is 3.60. The molecule has 0 bridgehead atoms. The van der Waals surface area contributed by atoms with Crippen molar-refractivity contribution >= 4 is 27.5 Å². The fourth-order valence-corrected chi connectivity index (χ4v) is 2.43. The summed E-state index contributed by atoms with van der Waals surface area (Å²) in [5, 5.41) is 0. The van der Waals surface area contributed by atoms with Crippen molar-refractivity contribution in [1.29, 1.82) is 0 Å². The van der Waals surface area contributed by atoms with Crippen molar-refractivity contribution in [1.82, 2.24) is 0 Å². The van der Waals surface area contributed by atoms with Gasteiger partial charge in [0.25, 0.3) is 5.91 Å². The average molecular weight is 334 g/mol. The molecule has 1 aliphatic rings. The minimum absolute atomic E-state index is 0.0515. The smallest absolute Gasteiger partial charge is 0.264 e. The molecule has 20 heavy (non-hydrogen) atoms. The van der Waals surface area contributed by atoms with Crippen LogP contribution in [0.3, 0.4) is 0 Å². The lowest BCUT2D eigenvalue weighted by atomic mass is 10.2. The Kier molecular flexibility index (Phi) is 3.36. The standard InChI is InChI=1S/C15H12BrNO3/c1-17-13(18)9-19-12-8-7-11(16)15(14(12)17)20-10-5-3-2-4-6-10/h2-8H,9H2,1H3. The number of hydrogen-bond donors (Lipinski definition) is 0. The highest BCUT2D eigenvalue weighted by Crippen LogP contribution is 2.46. The zero-order valence-electron chi connectivity index (χ0n) is 10.8. The van der Waals surface area contributed by atoms with Crippen LogP contribution in [0.25, 0.3) is 0 Å². The third kappa shape index (κ3) is 2.25. The molecule has 5 heteroatoms. The number of carbonyl (C=O) groups is 1. The molecule has 0 N–H and O–H groups in total. The number of anilines is 1. The topological polar surface area (TPSA) is 38.8 Å². The molecule has 102 valence electrons. The van der Waals surface area contributed by atoms with Gasteiger partial charge in [-0.25, -0.2) is 0 Å². The molecular weight excluding hydrogens is 322 g/mol. The number of likely N-dealkylation sites (N-methyl/N-ethyl adjacent to an activating group) is 1. The Balaban J connectivity index is 2.08. The van der Waals surface area contributed by atoms with E-state index in [-0.39, 0.29) is 12.5 Å². The Bertz CT molecular complexity index is 658. The van der Waals surface area contributed by atoms with Gasteiger partial charge in [-0.1, -0.05) is 18.2 Å². The van der Waals surface area contributed by atoms with E-state index in [1.165, 1.54) is 0 Å². The van der Waals surface area contributed by atoms with E-state index in [0.29, 0.717) is 22.9 Å². The number of halogens is 1. The van der Waals surface area contributed by atoms with Gasteiger partial charge < -0.3 is 14.4 Å². The number of ether oxygens (including phenoxy) is 2. The first-order chi connectivity index (χ1) is 9.66. The van der Waals surface area contributed by atoms with E-state index in [0.717, 1.165) is 4.47 Å². The molecule has 4 nitrogen and oxygen atoms in total. The number of amides is 1. The van der Waals surface area contributed by atoms with E-state index in [4.69, 9.17) is 9.47 Å². The van der Waals surface area contributed by atoms with Crippen LogP contribution in [0.1, 0.15) is 0 Å². The molecule has 0 radical (unpaired) electrons. The Morgan fingerprint density at radius 2 is 1.95 bits per heavy atom. The van der Waals surface area contributed by atoms with Crippen molar-refractivity contribution in [3.05, 3.63) is 46.9 Å². The number of nitrogens with zero attached hydrogens (tertiary/aromatic N) is 1. The molecule has 1 amide bonds. The summed E-state index contributed by atoms with van der Waals surface area (Å²) in [7, 11) is 1.72. The van der Waals surface area contributed by atoms with Gasteiger partial charge in [0, 0.05) is 7.05 Å². The predicted molar refractivity (Wildman–Crippen MR) is 79.6 cm³/mol. The molecule has 1 heterocycles. The Hall–Kier alpha value is -2.01. The number of hydrogen-bond acceptors (Lipinski definition) is 3. The van der Waals surface area contributed by atoms with Crippen molar-refractivity contribution in [3.63, 3.8) is 0 Å². The summed E-state index contributed by atoms with van der Waals surface area (Å²) in [5.74, 6) is 1.81. The first-order valence-electron chi connectivity index (χ1n) is 6.11. The molecule has 0 fully saturated rings. The fraction of sp³-hybridized carbons (Fsp3) is 0.133. The quantitative estimate of drug-likeness (QED) is 0.842. The molecule has 0 aromatic heterocycles. The molecular formula is C15H12BrNO3. The highest BCUT2D eigenvalue weighted by atomic mass is 79.9. The van der Waals surface area contributed by atoms with Gasteiger partial charge in [0.1, 0.15) is 17.2 Å². The zero-order valence-corrected chi connectivity index (χ0v) is 12.4. The van der Waals surface area contributed by atoms with Gasteiger partial charge in [-0.15, -0.1) is 0 Å². The largest absolute Gasteiger partial charge is 0.481 e. The van der Waals surface area contributed by atoms with Crippen molar-refractivity contribution in [2.24, 2.45) is 0 Å². The normalized spacial score (nSPS) is 13.7. The number of para-hydroxylation sites is 1. The minimum Gasteiger partial charge on any atom is -0.481 e. The number of benzene rings is 2. The highest BCUT2D eigenvalue weighted by Gasteiger charge is 2.27. The molecule has 0 saturated heterocycles. The summed E-state index contributed by atoms with van der Waals surface area (Å²) in [6, 6.07) is 13.1. The van der Waals surface area contributed by atoms with Gasteiger partial charge in [0.2, 0.25) is 0 Å². The second-order valence-corrected chi connectivity index (χ2v) is 5.23. The van der Waals surface area contributed by atoms with Crippen molar-refractivity contribution in [2.75, 3.05) is 18.6 Å². The lowest BCUT2D eigenvalue weighted by molar-refractivity contribution is -0.121. The first kappa shape index (κ1) is 13.0. The summed E-state index contributed by atoms with van der Waals surface area (Å²) in [5.41, 5.74) is 0.638. The van der Waals surface area contributed by atoms with Crippen molar-refractivity contribution < 1.29 is 14.3 Å². The summed E-state index contributed by atoms with van der Waals surface area (Å²) < 4.78 is 12.1. The third-order valence-corrected chi connectivity index (χ3v) is 3.69. The summed E-state index contributed by atoms with van der Waals surface area (Å²) in [4.78, 5) is 13.4. The van der Waals surface area contributed by atoms with Crippen LogP contribution in [-0.2, 0) is 4.79 Å². The second kappa shape index (κ2) is 5.17. The van der Waals surface area contributed by atoms with Crippen LogP contribution < -0.4 is 14.4 Å². The van der Waals surface area contributed by atoms with Crippen LogP contribution in [0.4, 0.5) is 5.69 Å². The van der Waals surface area contributed by atoms with Gasteiger partial charge in [-0.05, 0) is 40.2 Å². The van der Waals surface area contributed by atoms with E-state index < -0.39 is 0 Å². The Morgan fingerprint density at radius 1 is 1.20 bits per heavy atom. The van der Waals surface area contributed by atoms with E-state index in [1.54, 1.807) is 11.9 Å². The van der Waals surface area contributed by atoms with Crippen LogP contribution in [-0.4, -0.2) is 19.6 Å². The number of fused-ring (bicyclic) bond motifs is 1. The van der Waals surface area contributed by atoms with E-state index >= 15 is 0 Å². The van der Waals surface area contributed by atoms with Crippen LogP contribution in [0.15, 0.2) is 46.9 Å². The van der Waals surface area contributed by atoms with Crippen LogP contribution in [0, 0.1) is 0 Å². The lowest BCUT2D eigenvalue weighted by Crippen LogP contribution is -2.35. The number of rotatable bonds is 2. The molecule has 3 rings (SSSR count). The number of carbonyl (C=O) groups excluding carboxylic acids is 1. The molecule has 0 unspecified atom stereocenters. The maximum Gasteiger partial charge on any atom is 0.264 e. The first-order valence-corrected chi connectivity index (χ1v) is 6.91. The second-order valence-electron chi connectivity index (χ2n) is 4.38. The molecule has 2 aromatic carbocycles. The van der Waals surface area contributed by atoms with Gasteiger partial charge in [0.15, 0.2) is 12.4 Å². The lowest BCUT2D eigenvalue weighted by Gasteiger charge is -2.28. The van der Waals surface area contributed by atoms with E-state index in [2.05, 4.69) is 15.9 Å². The SMILES string of the molecule is CN1C(=O)COc2ccc(Br)c(Oc3ccccc3)c21. The van der Waals surface area contributed by atoms with Gasteiger partial charge in [-0.2, -0.15) is 0 Å². The van der Waals surface area contributed by atoms with Crippen molar-refractivity contribution in [2.45, 2.75) is 0 Å². The third-order valence-electron chi connectivity index (χ3n) is 3.07. The Labute approximate surface area is 125 Å². The monoisotopic (exact) mass is 333 g/mol. The average Bonchev–Trinajstić information content (AvgIpc) is 2.47. The highest BCUT2D eigenvalue weighted by molar-refractivity contribution is 9.10. The fourth-order valence-electron chi connectivity index (χ4n) is 2.03. The van der Waals surface area contributed by atoms with E-state index in [9.17, 15) is 4.79 Å². The van der Waals surface area contributed by atoms with Crippen LogP contribution >= 0.6 is 15.9 Å². The molecule has 0 atom stereocenters. The molecule has 0 spiro atoms. The summed E-state index contributed by atoms with van der Waals surface area (Å²) in [6.07, 6.45) is 0. The zero-order chi connectivity index (χ0) is 14.1. The molecule has 2 aromatic rings. The summed E-state index contributed by atoms with van der Waals surface area (Å²) >= 11 is 3.46. The molecule has 0 saturated carbocycles.